The highest BCUT2D eigenvalue weighted by atomic mass is 16.2. The van der Waals surface area contributed by atoms with Crippen LogP contribution >= 0.6 is 0 Å². The number of nitrogens with zero attached hydrogens (tertiary/aromatic N) is 2. The average Bonchev–Trinajstić information content (AvgIpc) is 3.05. The van der Waals surface area contributed by atoms with Crippen molar-refractivity contribution in [1.82, 2.24) is 14.9 Å². The number of aryl methyl sites for hydroxylation is 1. The van der Waals surface area contributed by atoms with E-state index in [-0.39, 0.29) is 17.9 Å². The van der Waals surface area contributed by atoms with Gasteiger partial charge in [-0.2, -0.15) is 0 Å². The largest absolute Gasteiger partial charge is 0.342 e. The molecule has 0 aliphatic heterocycles. The fourth-order valence-corrected chi connectivity index (χ4v) is 4.08. The first-order valence-corrected chi connectivity index (χ1v) is 9.69. The second-order valence-electron chi connectivity index (χ2n) is 8.66. The first-order chi connectivity index (χ1) is 12.4. The normalized spacial score (nSPS) is 22.0. The predicted molar refractivity (Wildman–Crippen MR) is 105 cm³/mol. The second kappa shape index (κ2) is 7.65. The van der Waals surface area contributed by atoms with E-state index < -0.39 is 0 Å². The first kappa shape index (κ1) is 18.7. The molecule has 4 nitrogen and oxygen atoms in total. The van der Waals surface area contributed by atoms with Crippen LogP contribution in [-0.2, 0) is 11.8 Å². The van der Waals surface area contributed by atoms with Crippen molar-refractivity contribution >= 4 is 5.91 Å². The number of carbonyl (C=O) groups is 1. The van der Waals surface area contributed by atoms with E-state index in [4.69, 9.17) is 0 Å². The van der Waals surface area contributed by atoms with E-state index >= 15 is 0 Å². The van der Waals surface area contributed by atoms with Crippen LogP contribution in [0.25, 0.3) is 0 Å². The van der Waals surface area contributed by atoms with Crippen molar-refractivity contribution < 1.29 is 4.79 Å². The lowest BCUT2D eigenvalue weighted by Gasteiger charge is -2.36. The van der Waals surface area contributed by atoms with Crippen LogP contribution in [0.15, 0.2) is 42.7 Å². The average molecular weight is 354 g/mol. The van der Waals surface area contributed by atoms with Crippen LogP contribution in [0.5, 0.6) is 0 Å². The maximum atomic E-state index is 13.0. The molecular formula is C22H31N3O. The van der Waals surface area contributed by atoms with E-state index in [0.29, 0.717) is 11.3 Å². The Morgan fingerprint density at radius 2 is 1.81 bits per heavy atom. The summed E-state index contributed by atoms with van der Waals surface area (Å²) in [6.07, 6.45) is 7.95. The highest BCUT2D eigenvalue weighted by molar-refractivity contribution is 5.79. The molecule has 1 amide bonds. The summed E-state index contributed by atoms with van der Waals surface area (Å²) < 4.78 is 1.98. The molecule has 0 unspecified atom stereocenters. The van der Waals surface area contributed by atoms with Crippen molar-refractivity contribution in [2.75, 3.05) is 0 Å². The number of rotatable bonds is 4. The zero-order chi connectivity index (χ0) is 18.7. The fourth-order valence-electron chi connectivity index (χ4n) is 4.08. The van der Waals surface area contributed by atoms with Gasteiger partial charge in [0.1, 0.15) is 11.9 Å². The van der Waals surface area contributed by atoms with Crippen LogP contribution in [0.2, 0.25) is 0 Å². The molecule has 1 heterocycles. The van der Waals surface area contributed by atoms with Crippen LogP contribution in [0.4, 0.5) is 0 Å². The number of amides is 1. The lowest BCUT2D eigenvalue weighted by Crippen LogP contribution is -2.38. The van der Waals surface area contributed by atoms with Gasteiger partial charge in [-0.25, -0.2) is 4.98 Å². The predicted octanol–water partition coefficient (Wildman–Crippen LogP) is 4.48. The van der Waals surface area contributed by atoms with Crippen LogP contribution in [-0.4, -0.2) is 15.5 Å². The Kier molecular flexibility index (Phi) is 5.49. The number of hydrogen-bond acceptors (Lipinski definition) is 2. The van der Waals surface area contributed by atoms with Gasteiger partial charge < -0.3 is 9.88 Å². The van der Waals surface area contributed by atoms with Crippen LogP contribution in [0, 0.1) is 17.3 Å². The van der Waals surface area contributed by atoms with Crippen molar-refractivity contribution in [3.05, 3.63) is 54.1 Å². The third-order valence-corrected chi connectivity index (χ3v) is 5.86. The smallest absolute Gasteiger partial charge is 0.223 e. The maximum absolute atomic E-state index is 13.0. The van der Waals surface area contributed by atoms with Gasteiger partial charge in [0.2, 0.25) is 5.91 Å². The molecule has 4 heteroatoms. The maximum Gasteiger partial charge on any atom is 0.223 e. The summed E-state index contributed by atoms with van der Waals surface area (Å²) in [7, 11) is 1.97. The van der Waals surface area contributed by atoms with Gasteiger partial charge in [0, 0.05) is 25.4 Å². The Labute approximate surface area is 157 Å². The number of hydrogen-bond donors (Lipinski definition) is 1. The van der Waals surface area contributed by atoms with E-state index in [0.717, 1.165) is 37.1 Å². The van der Waals surface area contributed by atoms with Gasteiger partial charge in [0.05, 0.1) is 0 Å². The van der Waals surface area contributed by atoms with E-state index in [1.54, 1.807) is 6.20 Å². The Morgan fingerprint density at radius 1 is 1.15 bits per heavy atom. The summed E-state index contributed by atoms with van der Waals surface area (Å²) >= 11 is 0. The molecule has 0 saturated heterocycles. The van der Waals surface area contributed by atoms with Crippen molar-refractivity contribution in [3.8, 4) is 0 Å². The van der Waals surface area contributed by atoms with E-state index in [9.17, 15) is 4.79 Å². The Bertz CT molecular complexity index is 721. The summed E-state index contributed by atoms with van der Waals surface area (Å²) in [6, 6.07) is 9.91. The minimum atomic E-state index is -0.205. The highest BCUT2D eigenvalue weighted by Gasteiger charge is 2.33. The number of carbonyl (C=O) groups excluding carboxylic acids is 1. The van der Waals surface area contributed by atoms with Gasteiger partial charge in [-0.1, -0.05) is 51.1 Å². The van der Waals surface area contributed by atoms with Gasteiger partial charge in [-0.15, -0.1) is 0 Å². The standard InChI is InChI=1S/C22H31N3O/c1-22(2,3)18-12-10-17(11-13-18)21(26)24-19(16-8-6-5-7-9-16)20-23-14-15-25(20)4/h5-9,14-15,17-19H,10-13H2,1-4H3,(H,24,26)/t17?,18?,19-/m0/s1. The third-order valence-electron chi connectivity index (χ3n) is 5.86. The number of nitrogens with one attached hydrogen (secondary N) is 1. The Morgan fingerprint density at radius 3 is 2.35 bits per heavy atom. The number of aromatic nitrogens is 2. The van der Waals surface area contributed by atoms with Gasteiger partial charge in [-0.05, 0) is 42.6 Å². The lowest BCUT2D eigenvalue weighted by molar-refractivity contribution is -0.127. The summed E-state index contributed by atoms with van der Waals surface area (Å²) in [4.78, 5) is 17.5. The van der Waals surface area contributed by atoms with Crippen molar-refractivity contribution in [2.24, 2.45) is 24.3 Å². The summed E-state index contributed by atoms with van der Waals surface area (Å²) in [5, 5.41) is 3.28. The van der Waals surface area contributed by atoms with Crippen LogP contribution in [0.1, 0.15) is 63.9 Å². The molecule has 1 aromatic carbocycles. The molecule has 1 aliphatic rings. The zero-order valence-electron chi connectivity index (χ0n) is 16.4. The lowest BCUT2D eigenvalue weighted by atomic mass is 9.69. The summed E-state index contributed by atoms with van der Waals surface area (Å²) in [5.41, 5.74) is 1.40. The molecule has 26 heavy (non-hydrogen) atoms. The molecule has 140 valence electrons. The van der Waals surface area contributed by atoms with E-state index in [1.165, 1.54) is 0 Å². The quantitative estimate of drug-likeness (QED) is 0.881. The molecule has 3 rings (SSSR count). The van der Waals surface area contributed by atoms with E-state index in [2.05, 4.69) is 43.2 Å². The van der Waals surface area contributed by atoms with Crippen molar-refractivity contribution in [3.63, 3.8) is 0 Å². The highest BCUT2D eigenvalue weighted by Crippen LogP contribution is 2.40. The van der Waals surface area contributed by atoms with Gasteiger partial charge in [0.25, 0.3) is 0 Å². The Hall–Kier alpha value is -2.10. The molecular weight excluding hydrogens is 322 g/mol. The molecule has 1 atom stereocenters. The SMILES string of the molecule is Cn1ccnc1[C@@H](NC(=O)C1CCC(C(C)(C)C)CC1)c1ccccc1. The Balaban J connectivity index is 1.72. The van der Waals surface area contributed by atoms with Gasteiger partial charge in [0.15, 0.2) is 0 Å². The minimum absolute atomic E-state index is 0.111. The van der Waals surface area contributed by atoms with E-state index in [1.807, 2.05) is 36.0 Å². The van der Waals surface area contributed by atoms with Gasteiger partial charge >= 0.3 is 0 Å². The molecule has 1 N–H and O–H groups in total. The number of imidazole rings is 1. The van der Waals surface area contributed by atoms with Gasteiger partial charge in [-0.3, -0.25) is 4.79 Å². The third kappa shape index (κ3) is 4.17. The van der Waals surface area contributed by atoms with Crippen LogP contribution in [0.3, 0.4) is 0 Å². The first-order valence-electron chi connectivity index (χ1n) is 9.69. The topological polar surface area (TPSA) is 46.9 Å². The van der Waals surface area contributed by atoms with Crippen LogP contribution < -0.4 is 5.32 Å². The van der Waals surface area contributed by atoms with Crippen molar-refractivity contribution in [1.29, 1.82) is 0 Å². The molecule has 1 aliphatic carbocycles. The summed E-state index contributed by atoms with van der Waals surface area (Å²) in [6.45, 7) is 6.93. The molecule has 0 bridgehead atoms. The van der Waals surface area contributed by atoms with Crippen molar-refractivity contribution in [2.45, 2.75) is 52.5 Å². The number of benzene rings is 1. The molecule has 0 spiro atoms. The summed E-state index contributed by atoms with van der Waals surface area (Å²) in [5.74, 6) is 1.85. The fraction of sp³-hybridized carbons (Fsp3) is 0.545. The molecule has 1 fully saturated rings. The minimum Gasteiger partial charge on any atom is -0.342 e. The molecule has 1 aromatic heterocycles. The molecule has 2 aromatic rings. The monoisotopic (exact) mass is 353 g/mol. The molecule has 0 radical (unpaired) electrons. The second-order valence-corrected chi connectivity index (χ2v) is 8.66. The zero-order valence-corrected chi connectivity index (χ0v) is 16.4. The molecule has 1 saturated carbocycles.